The third-order valence-corrected chi connectivity index (χ3v) is 5.83. The van der Waals surface area contributed by atoms with E-state index in [0.717, 1.165) is 50.4 Å². The van der Waals surface area contributed by atoms with Gasteiger partial charge in [-0.2, -0.15) is 13.2 Å². The molecular formula is C22H22F4N2O. The molecule has 4 rings (SSSR count). The van der Waals surface area contributed by atoms with Crippen molar-refractivity contribution in [2.24, 2.45) is 0 Å². The van der Waals surface area contributed by atoms with Crippen molar-refractivity contribution in [1.82, 2.24) is 5.32 Å². The largest absolute Gasteiger partial charge is 0.416 e. The molecule has 0 bridgehead atoms. The molecule has 0 radical (unpaired) electrons. The molecule has 1 aliphatic carbocycles. The Morgan fingerprint density at radius 1 is 1.07 bits per heavy atom. The van der Waals surface area contributed by atoms with E-state index in [2.05, 4.69) is 22.3 Å². The number of nitrogens with zero attached hydrogens (tertiary/aromatic N) is 1. The summed E-state index contributed by atoms with van der Waals surface area (Å²) in [4.78, 5) is 15.0. The maximum atomic E-state index is 13.7. The van der Waals surface area contributed by atoms with Crippen LogP contribution in [0.1, 0.15) is 47.2 Å². The molecule has 1 amide bonds. The van der Waals surface area contributed by atoms with E-state index in [1.807, 2.05) is 12.1 Å². The quantitative estimate of drug-likeness (QED) is 0.732. The highest BCUT2D eigenvalue weighted by Crippen LogP contribution is 2.35. The van der Waals surface area contributed by atoms with Gasteiger partial charge in [-0.3, -0.25) is 4.79 Å². The molecule has 7 heteroatoms. The molecule has 0 spiro atoms. The van der Waals surface area contributed by atoms with Crippen LogP contribution < -0.4 is 10.2 Å². The van der Waals surface area contributed by atoms with E-state index in [4.69, 9.17) is 0 Å². The third kappa shape index (κ3) is 4.09. The van der Waals surface area contributed by atoms with Gasteiger partial charge in [-0.05, 0) is 61.9 Å². The van der Waals surface area contributed by atoms with Crippen molar-refractivity contribution < 1.29 is 22.4 Å². The molecule has 1 heterocycles. The zero-order valence-electron chi connectivity index (χ0n) is 15.8. The number of nitrogens with one attached hydrogen (secondary N) is 1. The normalized spacial score (nSPS) is 21.7. The summed E-state index contributed by atoms with van der Waals surface area (Å²) in [5.41, 5.74) is 0.975. The molecule has 1 N–H and O–H groups in total. The van der Waals surface area contributed by atoms with E-state index in [0.29, 0.717) is 12.1 Å². The average molecular weight is 406 g/mol. The number of carbonyl (C=O) groups is 1. The second-order valence-electron chi connectivity index (χ2n) is 7.73. The first-order valence-electron chi connectivity index (χ1n) is 9.86. The van der Waals surface area contributed by atoms with Gasteiger partial charge < -0.3 is 10.2 Å². The lowest BCUT2D eigenvalue weighted by Gasteiger charge is -2.39. The molecule has 1 fully saturated rings. The number of benzene rings is 2. The van der Waals surface area contributed by atoms with Gasteiger partial charge in [0.1, 0.15) is 5.82 Å². The predicted octanol–water partition coefficient (Wildman–Crippen LogP) is 4.95. The zero-order chi connectivity index (χ0) is 20.6. The molecule has 2 aromatic rings. The lowest BCUT2D eigenvalue weighted by atomic mass is 9.98. The number of aryl methyl sites for hydroxylation is 1. The first-order valence-corrected chi connectivity index (χ1v) is 9.86. The van der Waals surface area contributed by atoms with Gasteiger partial charge >= 0.3 is 6.18 Å². The Morgan fingerprint density at radius 2 is 1.86 bits per heavy atom. The van der Waals surface area contributed by atoms with Gasteiger partial charge in [0.2, 0.25) is 0 Å². The van der Waals surface area contributed by atoms with Crippen molar-refractivity contribution in [3.8, 4) is 0 Å². The topological polar surface area (TPSA) is 32.3 Å². The third-order valence-electron chi connectivity index (χ3n) is 5.83. The van der Waals surface area contributed by atoms with Crippen LogP contribution in [-0.4, -0.2) is 24.5 Å². The maximum Gasteiger partial charge on any atom is 0.416 e. The first kappa shape index (κ1) is 19.7. The van der Waals surface area contributed by atoms with Crippen LogP contribution in [0.15, 0.2) is 42.5 Å². The van der Waals surface area contributed by atoms with Crippen LogP contribution in [0.2, 0.25) is 0 Å². The highest BCUT2D eigenvalue weighted by Gasteiger charge is 2.36. The molecule has 2 aromatic carbocycles. The van der Waals surface area contributed by atoms with Crippen molar-refractivity contribution in [2.75, 3.05) is 11.4 Å². The van der Waals surface area contributed by atoms with Crippen LogP contribution in [0.3, 0.4) is 0 Å². The average Bonchev–Trinajstić information content (AvgIpc) is 3.14. The van der Waals surface area contributed by atoms with Crippen LogP contribution in [-0.2, 0) is 12.6 Å². The molecule has 29 heavy (non-hydrogen) atoms. The lowest BCUT2D eigenvalue weighted by molar-refractivity contribution is -0.137. The molecule has 1 saturated carbocycles. The minimum atomic E-state index is -4.70. The van der Waals surface area contributed by atoms with Crippen LogP contribution >= 0.6 is 0 Å². The second-order valence-corrected chi connectivity index (χ2v) is 7.73. The number of halogens is 4. The van der Waals surface area contributed by atoms with Crippen molar-refractivity contribution in [1.29, 1.82) is 0 Å². The lowest BCUT2D eigenvalue weighted by Crippen LogP contribution is -2.50. The van der Waals surface area contributed by atoms with Gasteiger partial charge in [0.15, 0.2) is 0 Å². The van der Waals surface area contributed by atoms with Gasteiger partial charge in [0, 0.05) is 29.9 Å². The van der Waals surface area contributed by atoms with Crippen LogP contribution in [0.5, 0.6) is 0 Å². The number of hydrogen-bond donors (Lipinski definition) is 1. The maximum absolute atomic E-state index is 13.7. The van der Waals surface area contributed by atoms with E-state index in [1.54, 1.807) is 0 Å². The van der Waals surface area contributed by atoms with E-state index in [1.165, 1.54) is 5.56 Å². The molecule has 2 atom stereocenters. The van der Waals surface area contributed by atoms with Gasteiger partial charge in [-0.15, -0.1) is 0 Å². The minimum Gasteiger partial charge on any atom is -0.366 e. The summed E-state index contributed by atoms with van der Waals surface area (Å²) < 4.78 is 52.5. The Kier molecular flexibility index (Phi) is 5.23. The number of alkyl halides is 3. The molecule has 0 unspecified atom stereocenters. The zero-order valence-corrected chi connectivity index (χ0v) is 15.8. The summed E-state index contributed by atoms with van der Waals surface area (Å²) in [5, 5.41) is 2.86. The van der Waals surface area contributed by atoms with Crippen molar-refractivity contribution >= 4 is 11.6 Å². The number of para-hydroxylation sites is 1. The first-order chi connectivity index (χ1) is 13.8. The van der Waals surface area contributed by atoms with E-state index in [9.17, 15) is 22.4 Å². The SMILES string of the molecule is O=C(N[C@@H]1CCC[C@H]1N1CCCc2ccccc21)c1cc(F)cc(C(F)(F)F)c1. The smallest absolute Gasteiger partial charge is 0.366 e. The molecule has 1 aliphatic heterocycles. The minimum absolute atomic E-state index is 0.0797. The standard InChI is InChI=1S/C22H22F4N2O/c23-17-12-15(11-16(13-17)22(24,25)26)21(29)27-18-7-3-9-20(18)28-10-4-6-14-5-1-2-8-19(14)28/h1-2,5,8,11-13,18,20H,3-4,6-7,9-10H2,(H,27,29)/t18-,20-/m1/s1. The molecule has 154 valence electrons. The Labute approximate surface area is 166 Å². The van der Waals surface area contributed by atoms with E-state index < -0.39 is 23.5 Å². The van der Waals surface area contributed by atoms with Crippen LogP contribution in [0, 0.1) is 5.82 Å². The van der Waals surface area contributed by atoms with Crippen molar-refractivity contribution in [3.63, 3.8) is 0 Å². The number of amides is 1. The summed E-state index contributed by atoms with van der Waals surface area (Å²) in [5.74, 6) is -1.74. The number of rotatable bonds is 3. The second kappa shape index (κ2) is 7.69. The fourth-order valence-corrected chi connectivity index (χ4v) is 4.53. The summed E-state index contributed by atoms with van der Waals surface area (Å²) in [7, 11) is 0. The number of anilines is 1. The number of fused-ring (bicyclic) bond motifs is 1. The number of carbonyl (C=O) groups excluding carboxylic acids is 1. The summed E-state index contributed by atoms with van der Waals surface area (Å²) in [6, 6.07) is 10.0. The van der Waals surface area contributed by atoms with Gasteiger partial charge in [-0.1, -0.05) is 18.2 Å². The molecular weight excluding hydrogens is 384 g/mol. The fourth-order valence-electron chi connectivity index (χ4n) is 4.53. The Bertz CT molecular complexity index is 912. The van der Waals surface area contributed by atoms with E-state index >= 15 is 0 Å². The summed E-state index contributed by atoms with van der Waals surface area (Å²) in [6.07, 6.45) is -0.102. The van der Waals surface area contributed by atoms with Gasteiger partial charge in [0.25, 0.3) is 5.91 Å². The molecule has 3 nitrogen and oxygen atoms in total. The predicted molar refractivity (Wildman–Crippen MR) is 102 cm³/mol. The highest BCUT2D eigenvalue weighted by atomic mass is 19.4. The molecule has 0 aromatic heterocycles. The number of hydrogen-bond acceptors (Lipinski definition) is 2. The fraction of sp³-hybridized carbons (Fsp3) is 0.409. The van der Waals surface area contributed by atoms with Crippen LogP contribution in [0.25, 0.3) is 0 Å². The van der Waals surface area contributed by atoms with Crippen molar-refractivity contribution in [2.45, 2.75) is 50.4 Å². The van der Waals surface area contributed by atoms with Gasteiger partial charge in [-0.25, -0.2) is 4.39 Å². The molecule has 0 saturated heterocycles. The summed E-state index contributed by atoms with van der Waals surface area (Å²) >= 11 is 0. The van der Waals surface area contributed by atoms with Crippen LogP contribution in [0.4, 0.5) is 23.2 Å². The monoisotopic (exact) mass is 406 g/mol. The Hall–Kier alpha value is -2.57. The van der Waals surface area contributed by atoms with E-state index in [-0.39, 0.29) is 17.6 Å². The highest BCUT2D eigenvalue weighted by molar-refractivity contribution is 5.94. The molecule has 2 aliphatic rings. The Balaban J connectivity index is 1.54. The van der Waals surface area contributed by atoms with Gasteiger partial charge in [0.05, 0.1) is 5.56 Å². The Morgan fingerprint density at radius 3 is 2.66 bits per heavy atom. The van der Waals surface area contributed by atoms with Crippen molar-refractivity contribution in [3.05, 3.63) is 65.0 Å². The summed E-state index contributed by atoms with van der Waals surface area (Å²) in [6.45, 7) is 0.881.